The summed E-state index contributed by atoms with van der Waals surface area (Å²) in [6.45, 7) is 5.83. The first-order valence-corrected chi connectivity index (χ1v) is 11.8. The van der Waals surface area contributed by atoms with Crippen LogP contribution in [0.4, 0.5) is 5.69 Å². The van der Waals surface area contributed by atoms with Crippen LogP contribution < -0.4 is 16.1 Å². The van der Waals surface area contributed by atoms with E-state index in [0.29, 0.717) is 5.69 Å². The van der Waals surface area contributed by atoms with Crippen molar-refractivity contribution in [2.24, 2.45) is 0 Å². The lowest BCUT2D eigenvalue weighted by Gasteiger charge is -2.20. The highest BCUT2D eigenvalue weighted by Gasteiger charge is 2.21. The number of aromatic nitrogens is 5. The molecule has 0 saturated heterocycles. The Morgan fingerprint density at radius 2 is 1.78 bits per heavy atom. The third kappa shape index (κ3) is 4.88. The molecule has 36 heavy (non-hydrogen) atoms. The normalized spacial score (nSPS) is 11.0. The number of carbonyl (C=O) groups is 1. The molecule has 0 aliphatic carbocycles. The van der Waals surface area contributed by atoms with Crippen LogP contribution in [-0.4, -0.2) is 37.4 Å². The Morgan fingerprint density at radius 1 is 1.06 bits per heavy atom. The van der Waals surface area contributed by atoms with E-state index in [1.807, 2.05) is 50.2 Å². The van der Waals surface area contributed by atoms with Crippen LogP contribution in [0.1, 0.15) is 37.3 Å². The highest BCUT2D eigenvalue weighted by atomic mass is 16.5. The van der Waals surface area contributed by atoms with Gasteiger partial charge < -0.3 is 9.42 Å². The van der Waals surface area contributed by atoms with Gasteiger partial charge in [-0.1, -0.05) is 48.0 Å². The summed E-state index contributed by atoms with van der Waals surface area (Å²) < 4.78 is 7.54. The molecule has 0 saturated carbocycles. The molecule has 186 valence electrons. The van der Waals surface area contributed by atoms with Crippen LogP contribution in [0.25, 0.3) is 17.2 Å². The topological polar surface area (TPSA) is 116 Å². The monoisotopic (exact) mass is 488 g/mol. The second-order valence-electron chi connectivity index (χ2n) is 8.37. The molecule has 0 unspecified atom stereocenters. The lowest BCUT2D eigenvalue weighted by Crippen LogP contribution is -2.41. The van der Waals surface area contributed by atoms with Gasteiger partial charge in [0.25, 0.3) is 5.56 Å². The molecule has 0 aliphatic heterocycles. The van der Waals surface area contributed by atoms with Gasteiger partial charge in [-0.25, -0.2) is 4.79 Å². The van der Waals surface area contributed by atoms with E-state index in [-0.39, 0.29) is 42.7 Å². The summed E-state index contributed by atoms with van der Waals surface area (Å²) >= 11 is 0. The first-order chi connectivity index (χ1) is 17.3. The number of para-hydroxylation sites is 1. The maximum absolute atomic E-state index is 12.9. The van der Waals surface area contributed by atoms with E-state index in [9.17, 15) is 14.4 Å². The van der Waals surface area contributed by atoms with Crippen molar-refractivity contribution in [2.45, 2.75) is 46.6 Å². The molecule has 0 aliphatic rings. The summed E-state index contributed by atoms with van der Waals surface area (Å²) in [5.41, 5.74) is 2.21. The Labute approximate surface area is 207 Å². The largest absolute Gasteiger partial charge is 0.352 e. The second kappa shape index (κ2) is 10.5. The first kappa shape index (κ1) is 24.8. The minimum Gasteiger partial charge on any atom is -0.339 e. The van der Waals surface area contributed by atoms with Gasteiger partial charge in [-0.05, 0) is 44.0 Å². The Balaban J connectivity index is 1.58. The smallest absolute Gasteiger partial charge is 0.339 e. The van der Waals surface area contributed by atoms with E-state index in [1.54, 1.807) is 31.0 Å². The van der Waals surface area contributed by atoms with Gasteiger partial charge in [0, 0.05) is 32.1 Å². The predicted molar refractivity (Wildman–Crippen MR) is 135 cm³/mol. The van der Waals surface area contributed by atoms with Crippen molar-refractivity contribution in [3.8, 4) is 17.2 Å². The fourth-order valence-electron chi connectivity index (χ4n) is 3.89. The maximum Gasteiger partial charge on any atom is 0.352 e. The lowest BCUT2D eigenvalue weighted by molar-refractivity contribution is -0.118. The number of nitrogens with zero attached hydrogens (tertiary/aromatic N) is 6. The molecule has 2 heterocycles. The van der Waals surface area contributed by atoms with Crippen LogP contribution in [0.5, 0.6) is 0 Å². The lowest BCUT2D eigenvalue weighted by atomic mass is 10.1. The van der Waals surface area contributed by atoms with Gasteiger partial charge in [-0.2, -0.15) is 14.8 Å². The Morgan fingerprint density at radius 3 is 2.47 bits per heavy atom. The van der Waals surface area contributed by atoms with E-state index in [0.717, 1.165) is 32.5 Å². The van der Waals surface area contributed by atoms with Gasteiger partial charge in [0.2, 0.25) is 17.6 Å². The van der Waals surface area contributed by atoms with Gasteiger partial charge >= 0.3 is 5.69 Å². The molecule has 0 radical (unpaired) electrons. The van der Waals surface area contributed by atoms with Gasteiger partial charge in [0.05, 0.1) is 5.69 Å². The molecule has 2 aromatic carbocycles. The number of hydrogen-bond donors (Lipinski definition) is 0. The molecule has 2 aromatic heterocycles. The highest BCUT2D eigenvalue weighted by Crippen LogP contribution is 2.21. The molecule has 1 amide bonds. The molecule has 4 rings (SSSR count). The molecule has 10 nitrogen and oxygen atoms in total. The van der Waals surface area contributed by atoms with Gasteiger partial charge in [0.1, 0.15) is 0 Å². The number of anilines is 1. The summed E-state index contributed by atoms with van der Waals surface area (Å²) in [7, 11) is 1.74. The summed E-state index contributed by atoms with van der Waals surface area (Å²) in [5, 5.41) is 8.16. The number of rotatable bonds is 8. The fourth-order valence-corrected chi connectivity index (χ4v) is 3.89. The van der Waals surface area contributed by atoms with Crippen LogP contribution >= 0.6 is 0 Å². The van der Waals surface area contributed by atoms with E-state index < -0.39 is 11.2 Å². The molecule has 0 fully saturated rings. The predicted octanol–water partition coefficient (Wildman–Crippen LogP) is 2.93. The van der Waals surface area contributed by atoms with Crippen LogP contribution in [0.3, 0.4) is 0 Å². The second-order valence-corrected chi connectivity index (χ2v) is 8.37. The maximum atomic E-state index is 12.9. The zero-order valence-electron chi connectivity index (χ0n) is 20.8. The van der Waals surface area contributed by atoms with E-state index in [4.69, 9.17) is 4.52 Å². The van der Waals surface area contributed by atoms with Crippen LogP contribution in [0.15, 0.2) is 62.6 Å². The van der Waals surface area contributed by atoms with Crippen LogP contribution in [-0.2, 0) is 24.2 Å². The van der Waals surface area contributed by atoms with Crippen LogP contribution in [0, 0.1) is 6.92 Å². The molecule has 4 aromatic rings. The van der Waals surface area contributed by atoms with Crippen molar-refractivity contribution in [2.75, 3.05) is 11.9 Å². The van der Waals surface area contributed by atoms with Crippen molar-refractivity contribution in [1.82, 2.24) is 24.5 Å². The summed E-state index contributed by atoms with van der Waals surface area (Å²) in [6, 6.07) is 15.0. The number of aryl methyl sites for hydroxylation is 3. The van der Waals surface area contributed by atoms with Crippen LogP contribution in [0.2, 0.25) is 0 Å². The average molecular weight is 489 g/mol. The Kier molecular flexibility index (Phi) is 7.23. The quantitative estimate of drug-likeness (QED) is 0.374. The number of amides is 1. The van der Waals surface area contributed by atoms with Crippen molar-refractivity contribution in [3.05, 3.63) is 86.4 Å². The standard InChI is InChI=1S/C26H28N6O4/c1-5-18-9-7-8-10-20(18)30(4)22(33)16-15-21-27-24(29-36-21)23-25(34)31(6-2)26(35)32(28-23)19-13-11-17(3)12-14-19/h7-14H,5-6,15-16H2,1-4H3. The molecule has 0 atom stereocenters. The zero-order valence-corrected chi connectivity index (χ0v) is 20.8. The third-order valence-electron chi connectivity index (χ3n) is 6.00. The van der Waals surface area contributed by atoms with Gasteiger partial charge in [0.15, 0.2) is 5.69 Å². The fraction of sp³-hybridized carbons (Fsp3) is 0.308. The average Bonchev–Trinajstić information content (AvgIpc) is 3.36. The molecular weight excluding hydrogens is 460 g/mol. The first-order valence-electron chi connectivity index (χ1n) is 11.8. The SMILES string of the molecule is CCc1ccccc1N(C)C(=O)CCc1nc(-c2nn(-c3ccc(C)cc3)c(=O)n(CC)c2=O)no1. The Hall–Kier alpha value is -4.34. The summed E-state index contributed by atoms with van der Waals surface area (Å²) in [4.78, 5) is 44.5. The number of benzene rings is 2. The molecule has 10 heteroatoms. The van der Waals surface area contributed by atoms with E-state index >= 15 is 0 Å². The molecule has 0 spiro atoms. The minimum atomic E-state index is -0.606. The van der Waals surface area contributed by atoms with Crippen molar-refractivity contribution in [1.29, 1.82) is 0 Å². The van der Waals surface area contributed by atoms with E-state index in [1.165, 1.54) is 0 Å². The molecule has 0 N–H and O–H groups in total. The molecular formula is C26H28N6O4. The molecule has 0 bridgehead atoms. The minimum absolute atomic E-state index is 0.0322. The zero-order chi connectivity index (χ0) is 25.8. The highest BCUT2D eigenvalue weighted by molar-refractivity contribution is 5.93. The number of carbonyl (C=O) groups excluding carboxylic acids is 1. The third-order valence-corrected chi connectivity index (χ3v) is 6.00. The van der Waals surface area contributed by atoms with E-state index in [2.05, 4.69) is 15.2 Å². The number of hydrogen-bond acceptors (Lipinski definition) is 7. The summed E-state index contributed by atoms with van der Waals surface area (Å²) in [6.07, 6.45) is 1.16. The van der Waals surface area contributed by atoms with Gasteiger partial charge in [-0.15, -0.1) is 0 Å². The van der Waals surface area contributed by atoms with Crippen molar-refractivity contribution in [3.63, 3.8) is 0 Å². The summed E-state index contributed by atoms with van der Waals surface area (Å²) in [5.74, 6) is 0.0677. The van der Waals surface area contributed by atoms with Crippen molar-refractivity contribution >= 4 is 11.6 Å². The van der Waals surface area contributed by atoms with Gasteiger partial charge in [-0.3, -0.25) is 14.2 Å². The Bertz CT molecular complexity index is 1500. The van der Waals surface area contributed by atoms with Crippen molar-refractivity contribution < 1.29 is 9.32 Å².